The van der Waals surface area contributed by atoms with Crippen molar-refractivity contribution >= 4 is 5.97 Å². The summed E-state index contributed by atoms with van der Waals surface area (Å²) in [7, 11) is 0. The van der Waals surface area contributed by atoms with Crippen LogP contribution >= 0.6 is 0 Å². The van der Waals surface area contributed by atoms with Gasteiger partial charge in [0.25, 0.3) is 0 Å². The number of hydrogen-bond acceptors (Lipinski definition) is 3. The zero-order chi connectivity index (χ0) is 13.2. The van der Waals surface area contributed by atoms with Gasteiger partial charge in [-0.05, 0) is 38.5 Å². The highest BCUT2D eigenvalue weighted by atomic mass is 16.5. The maximum atomic E-state index is 11.8. The Labute approximate surface area is 111 Å². The minimum absolute atomic E-state index is 0.00158. The third-order valence-corrected chi connectivity index (χ3v) is 3.67. The molecular weight excluding hydrogens is 228 g/mol. The average molecular weight is 256 g/mol. The number of ether oxygens (including phenoxy) is 2. The molecule has 1 aliphatic rings. The molecule has 1 rings (SSSR count). The molecule has 3 heteroatoms. The number of carbonyl (C=O) groups is 1. The first-order valence-electron chi connectivity index (χ1n) is 7.56. The fourth-order valence-corrected chi connectivity index (χ4v) is 2.41. The highest BCUT2D eigenvalue weighted by Gasteiger charge is 2.18. The molecule has 0 aromatic heterocycles. The van der Waals surface area contributed by atoms with Gasteiger partial charge in [-0.1, -0.05) is 26.7 Å². The number of hydrogen-bond donors (Lipinski definition) is 0. The molecule has 0 amide bonds. The molecule has 0 saturated carbocycles. The van der Waals surface area contributed by atoms with E-state index >= 15 is 0 Å². The SMILES string of the molecule is CCCC[C@H](CC)C(=O)OCCC[C@@H]1CCCO1. The Kier molecular flexibility index (Phi) is 8.06. The van der Waals surface area contributed by atoms with Crippen molar-refractivity contribution in [1.82, 2.24) is 0 Å². The van der Waals surface area contributed by atoms with Gasteiger partial charge >= 0.3 is 5.97 Å². The number of carbonyl (C=O) groups excluding carboxylic acids is 1. The van der Waals surface area contributed by atoms with Crippen LogP contribution in [0.25, 0.3) is 0 Å². The molecule has 1 heterocycles. The molecule has 1 fully saturated rings. The third-order valence-electron chi connectivity index (χ3n) is 3.67. The van der Waals surface area contributed by atoms with Gasteiger partial charge in [-0.3, -0.25) is 4.79 Å². The van der Waals surface area contributed by atoms with Crippen molar-refractivity contribution in [1.29, 1.82) is 0 Å². The Morgan fingerprint density at radius 3 is 2.83 bits per heavy atom. The summed E-state index contributed by atoms with van der Waals surface area (Å²) >= 11 is 0. The van der Waals surface area contributed by atoms with Crippen LogP contribution in [0.5, 0.6) is 0 Å². The summed E-state index contributed by atoms with van der Waals surface area (Å²) in [5.41, 5.74) is 0. The summed E-state index contributed by atoms with van der Waals surface area (Å²) in [5, 5.41) is 0. The largest absolute Gasteiger partial charge is 0.465 e. The standard InChI is InChI=1S/C15H28O3/c1-3-5-8-13(4-2)15(16)18-12-7-10-14-9-6-11-17-14/h13-14H,3-12H2,1-2H3/t13-,14-/m0/s1. The summed E-state index contributed by atoms with van der Waals surface area (Å²) in [4.78, 5) is 11.8. The van der Waals surface area contributed by atoms with Crippen LogP contribution in [-0.2, 0) is 14.3 Å². The van der Waals surface area contributed by atoms with Gasteiger partial charge in [0, 0.05) is 6.61 Å². The molecular formula is C15H28O3. The van der Waals surface area contributed by atoms with Crippen LogP contribution in [-0.4, -0.2) is 25.3 Å². The van der Waals surface area contributed by atoms with Gasteiger partial charge in [0.2, 0.25) is 0 Å². The van der Waals surface area contributed by atoms with E-state index in [1.807, 2.05) is 0 Å². The summed E-state index contributed by atoms with van der Waals surface area (Å²) in [6, 6.07) is 0. The first-order valence-corrected chi connectivity index (χ1v) is 7.56. The third kappa shape index (κ3) is 5.85. The lowest BCUT2D eigenvalue weighted by Crippen LogP contribution is -2.18. The second-order valence-electron chi connectivity index (χ2n) is 5.19. The minimum Gasteiger partial charge on any atom is -0.465 e. The van der Waals surface area contributed by atoms with Gasteiger partial charge in [-0.2, -0.15) is 0 Å². The van der Waals surface area contributed by atoms with Gasteiger partial charge < -0.3 is 9.47 Å². The minimum atomic E-state index is -0.00158. The maximum Gasteiger partial charge on any atom is 0.308 e. The van der Waals surface area contributed by atoms with E-state index < -0.39 is 0 Å². The molecule has 2 atom stereocenters. The van der Waals surface area contributed by atoms with Crippen molar-refractivity contribution in [2.24, 2.45) is 5.92 Å². The Morgan fingerprint density at radius 2 is 2.22 bits per heavy atom. The second kappa shape index (κ2) is 9.37. The lowest BCUT2D eigenvalue weighted by Gasteiger charge is -2.14. The topological polar surface area (TPSA) is 35.5 Å². The summed E-state index contributed by atoms with van der Waals surface area (Å²) in [6.07, 6.45) is 8.83. The van der Waals surface area contributed by atoms with E-state index in [1.165, 1.54) is 12.8 Å². The number of rotatable bonds is 9. The van der Waals surface area contributed by atoms with Gasteiger partial charge in [0.05, 0.1) is 18.6 Å². The molecule has 0 spiro atoms. The van der Waals surface area contributed by atoms with Crippen molar-refractivity contribution in [3.8, 4) is 0 Å². The van der Waals surface area contributed by atoms with Gasteiger partial charge in [0.15, 0.2) is 0 Å². The Hall–Kier alpha value is -0.570. The normalized spacial score (nSPS) is 20.9. The van der Waals surface area contributed by atoms with Crippen LogP contribution in [0.2, 0.25) is 0 Å². The van der Waals surface area contributed by atoms with Crippen molar-refractivity contribution in [3.63, 3.8) is 0 Å². The van der Waals surface area contributed by atoms with Crippen molar-refractivity contribution in [2.75, 3.05) is 13.2 Å². The molecule has 0 aromatic rings. The van der Waals surface area contributed by atoms with E-state index in [9.17, 15) is 4.79 Å². The molecule has 18 heavy (non-hydrogen) atoms. The summed E-state index contributed by atoms with van der Waals surface area (Å²) in [5.74, 6) is 0.103. The van der Waals surface area contributed by atoms with E-state index in [2.05, 4.69) is 13.8 Å². The predicted molar refractivity (Wildman–Crippen MR) is 72.5 cm³/mol. The smallest absolute Gasteiger partial charge is 0.308 e. The molecule has 0 unspecified atom stereocenters. The number of esters is 1. The summed E-state index contributed by atoms with van der Waals surface area (Å²) < 4.78 is 10.9. The molecule has 1 saturated heterocycles. The fraction of sp³-hybridized carbons (Fsp3) is 0.933. The molecule has 0 N–H and O–H groups in total. The first-order chi connectivity index (χ1) is 8.77. The van der Waals surface area contributed by atoms with Gasteiger partial charge in [-0.15, -0.1) is 0 Å². The van der Waals surface area contributed by atoms with Crippen LogP contribution in [0.4, 0.5) is 0 Å². The van der Waals surface area contributed by atoms with E-state index in [-0.39, 0.29) is 11.9 Å². The summed E-state index contributed by atoms with van der Waals surface area (Å²) in [6.45, 7) is 5.67. The Balaban J connectivity index is 2.06. The van der Waals surface area contributed by atoms with Crippen molar-refractivity contribution in [2.45, 2.75) is 71.3 Å². The van der Waals surface area contributed by atoms with Crippen LogP contribution in [0, 0.1) is 5.92 Å². The van der Waals surface area contributed by atoms with Crippen molar-refractivity contribution in [3.05, 3.63) is 0 Å². The quantitative estimate of drug-likeness (QED) is 0.466. The monoisotopic (exact) mass is 256 g/mol. The highest BCUT2D eigenvalue weighted by Crippen LogP contribution is 2.18. The molecule has 0 aliphatic carbocycles. The Morgan fingerprint density at radius 1 is 1.39 bits per heavy atom. The van der Waals surface area contributed by atoms with Crippen LogP contribution in [0.1, 0.15) is 65.2 Å². The fourth-order valence-electron chi connectivity index (χ4n) is 2.41. The van der Waals surface area contributed by atoms with Crippen LogP contribution in [0.15, 0.2) is 0 Å². The molecule has 0 aromatic carbocycles. The molecule has 106 valence electrons. The lowest BCUT2D eigenvalue weighted by atomic mass is 10.00. The van der Waals surface area contributed by atoms with E-state index in [4.69, 9.17) is 9.47 Å². The zero-order valence-corrected chi connectivity index (χ0v) is 12.0. The second-order valence-corrected chi connectivity index (χ2v) is 5.19. The lowest BCUT2D eigenvalue weighted by molar-refractivity contribution is -0.149. The maximum absolute atomic E-state index is 11.8. The van der Waals surface area contributed by atoms with E-state index in [0.29, 0.717) is 12.7 Å². The Bertz CT molecular complexity index is 222. The molecule has 1 aliphatic heterocycles. The molecule has 0 bridgehead atoms. The van der Waals surface area contributed by atoms with Gasteiger partial charge in [-0.25, -0.2) is 0 Å². The number of unbranched alkanes of at least 4 members (excludes halogenated alkanes) is 1. The van der Waals surface area contributed by atoms with Crippen LogP contribution in [0.3, 0.4) is 0 Å². The first kappa shape index (κ1) is 15.5. The van der Waals surface area contributed by atoms with Crippen LogP contribution < -0.4 is 0 Å². The zero-order valence-electron chi connectivity index (χ0n) is 12.0. The van der Waals surface area contributed by atoms with Crippen molar-refractivity contribution < 1.29 is 14.3 Å². The molecule has 0 radical (unpaired) electrons. The highest BCUT2D eigenvalue weighted by molar-refractivity contribution is 5.72. The van der Waals surface area contributed by atoms with E-state index in [1.54, 1.807) is 0 Å². The van der Waals surface area contributed by atoms with Gasteiger partial charge in [0.1, 0.15) is 0 Å². The van der Waals surface area contributed by atoms with E-state index in [0.717, 1.165) is 45.1 Å². The predicted octanol–water partition coefficient (Wildman–Crippen LogP) is 3.71. The molecule has 3 nitrogen and oxygen atoms in total. The average Bonchev–Trinajstić information content (AvgIpc) is 2.88.